The third-order valence-electron chi connectivity index (χ3n) is 2.94. The second kappa shape index (κ2) is 3.82. The van der Waals surface area contributed by atoms with Gasteiger partial charge in [-0.2, -0.15) is 5.10 Å². The van der Waals surface area contributed by atoms with E-state index in [9.17, 15) is 0 Å². The average molecular weight is 243 g/mol. The predicted molar refractivity (Wildman–Crippen MR) is 56.6 cm³/mol. The fourth-order valence-corrected chi connectivity index (χ4v) is 2.33. The molecule has 0 aromatic carbocycles. The second-order valence-electron chi connectivity index (χ2n) is 4.03. The van der Waals surface area contributed by atoms with Crippen molar-refractivity contribution in [2.24, 2.45) is 5.92 Å². The molecule has 0 amide bonds. The monoisotopic (exact) mass is 242 g/mol. The van der Waals surface area contributed by atoms with Gasteiger partial charge in [-0.05, 0) is 53.6 Å². The SMILES string of the molecule is CC1CCC(n2ccc(Br)n2)CC1. The highest BCUT2D eigenvalue weighted by molar-refractivity contribution is 9.10. The number of halogens is 1. The number of hydrogen-bond donors (Lipinski definition) is 0. The largest absolute Gasteiger partial charge is 0.269 e. The van der Waals surface area contributed by atoms with Crippen molar-refractivity contribution in [1.82, 2.24) is 9.78 Å². The van der Waals surface area contributed by atoms with E-state index < -0.39 is 0 Å². The van der Waals surface area contributed by atoms with Crippen molar-refractivity contribution < 1.29 is 0 Å². The zero-order valence-corrected chi connectivity index (χ0v) is 9.50. The van der Waals surface area contributed by atoms with Gasteiger partial charge >= 0.3 is 0 Å². The van der Waals surface area contributed by atoms with Crippen molar-refractivity contribution >= 4 is 15.9 Å². The van der Waals surface area contributed by atoms with Gasteiger partial charge in [0.05, 0.1) is 6.04 Å². The molecule has 0 atom stereocenters. The van der Waals surface area contributed by atoms with Gasteiger partial charge in [0.2, 0.25) is 0 Å². The summed E-state index contributed by atoms with van der Waals surface area (Å²) < 4.78 is 3.06. The Labute approximate surface area is 87.5 Å². The molecule has 0 spiro atoms. The Hall–Kier alpha value is -0.310. The fraction of sp³-hybridized carbons (Fsp3) is 0.700. The standard InChI is InChI=1S/C10H15BrN2/c1-8-2-4-9(5-3-8)13-7-6-10(11)12-13/h6-9H,2-5H2,1H3. The van der Waals surface area contributed by atoms with E-state index in [4.69, 9.17) is 0 Å². The van der Waals surface area contributed by atoms with Crippen molar-refractivity contribution in [2.45, 2.75) is 38.6 Å². The molecule has 0 unspecified atom stereocenters. The molecule has 0 saturated heterocycles. The van der Waals surface area contributed by atoms with E-state index in [0.717, 1.165) is 10.5 Å². The topological polar surface area (TPSA) is 17.8 Å². The van der Waals surface area contributed by atoms with Gasteiger partial charge < -0.3 is 0 Å². The zero-order valence-electron chi connectivity index (χ0n) is 7.91. The van der Waals surface area contributed by atoms with Crippen LogP contribution in [0.25, 0.3) is 0 Å². The van der Waals surface area contributed by atoms with E-state index in [1.165, 1.54) is 25.7 Å². The van der Waals surface area contributed by atoms with Gasteiger partial charge in [0.15, 0.2) is 0 Å². The first-order chi connectivity index (χ1) is 6.25. The highest BCUT2D eigenvalue weighted by Gasteiger charge is 2.19. The minimum atomic E-state index is 0.641. The molecular weight excluding hydrogens is 228 g/mol. The van der Waals surface area contributed by atoms with Gasteiger partial charge in [-0.1, -0.05) is 6.92 Å². The van der Waals surface area contributed by atoms with E-state index in [-0.39, 0.29) is 0 Å². The molecule has 2 nitrogen and oxygen atoms in total. The molecule has 1 saturated carbocycles. The lowest BCUT2D eigenvalue weighted by atomic mass is 9.87. The quantitative estimate of drug-likeness (QED) is 0.739. The van der Waals surface area contributed by atoms with Crippen LogP contribution in [0.4, 0.5) is 0 Å². The van der Waals surface area contributed by atoms with Crippen molar-refractivity contribution in [2.75, 3.05) is 0 Å². The minimum Gasteiger partial charge on any atom is -0.269 e. The molecule has 2 rings (SSSR count). The Bertz CT molecular complexity index is 274. The predicted octanol–water partition coefficient (Wildman–Crippen LogP) is 3.40. The Balaban J connectivity index is 2.02. The van der Waals surface area contributed by atoms with Gasteiger partial charge in [-0.25, -0.2) is 0 Å². The lowest BCUT2D eigenvalue weighted by Crippen LogP contribution is -2.17. The van der Waals surface area contributed by atoms with Crippen LogP contribution < -0.4 is 0 Å². The normalized spacial score (nSPS) is 29.1. The van der Waals surface area contributed by atoms with Crippen LogP contribution in [0, 0.1) is 5.92 Å². The number of rotatable bonds is 1. The molecule has 1 aliphatic rings. The maximum atomic E-state index is 4.39. The summed E-state index contributed by atoms with van der Waals surface area (Å²) in [5.41, 5.74) is 0. The Morgan fingerprint density at radius 1 is 1.38 bits per heavy atom. The first-order valence-electron chi connectivity index (χ1n) is 4.96. The Morgan fingerprint density at radius 2 is 2.08 bits per heavy atom. The van der Waals surface area contributed by atoms with E-state index in [1.54, 1.807) is 0 Å². The summed E-state index contributed by atoms with van der Waals surface area (Å²) in [5, 5.41) is 4.39. The van der Waals surface area contributed by atoms with Crippen LogP contribution in [0.3, 0.4) is 0 Å². The van der Waals surface area contributed by atoms with Crippen molar-refractivity contribution in [3.8, 4) is 0 Å². The van der Waals surface area contributed by atoms with Gasteiger partial charge in [0.1, 0.15) is 4.60 Å². The summed E-state index contributed by atoms with van der Waals surface area (Å²) in [6, 6.07) is 2.65. The van der Waals surface area contributed by atoms with Crippen LogP contribution in [-0.4, -0.2) is 9.78 Å². The number of hydrogen-bond acceptors (Lipinski definition) is 1. The first kappa shape index (κ1) is 9.25. The van der Waals surface area contributed by atoms with Crippen LogP contribution in [0.15, 0.2) is 16.9 Å². The molecule has 0 bridgehead atoms. The van der Waals surface area contributed by atoms with Gasteiger partial charge in [0, 0.05) is 6.20 Å². The molecular formula is C10H15BrN2. The summed E-state index contributed by atoms with van der Waals surface area (Å²) >= 11 is 3.38. The van der Waals surface area contributed by atoms with Crippen LogP contribution >= 0.6 is 15.9 Å². The molecule has 0 N–H and O–H groups in total. The highest BCUT2D eigenvalue weighted by atomic mass is 79.9. The second-order valence-corrected chi connectivity index (χ2v) is 4.84. The zero-order chi connectivity index (χ0) is 9.26. The highest BCUT2D eigenvalue weighted by Crippen LogP contribution is 2.31. The number of nitrogens with zero attached hydrogens (tertiary/aromatic N) is 2. The van der Waals surface area contributed by atoms with Gasteiger partial charge in [-0.3, -0.25) is 4.68 Å². The van der Waals surface area contributed by atoms with Crippen LogP contribution in [0.5, 0.6) is 0 Å². The maximum absolute atomic E-state index is 4.39. The summed E-state index contributed by atoms with van der Waals surface area (Å²) in [5.74, 6) is 0.912. The van der Waals surface area contributed by atoms with Gasteiger partial charge in [0.25, 0.3) is 0 Å². The smallest absolute Gasteiger partial charge is 0.128 e. The summed E-state index contributed by atoms with van der Waals surface area (Å²) in [7, 11) is 0. The molecule has 72 valence electrons. The lowest BCUT2D eigenvalue weighted by Gasteiger charge is -2.26. The molecule has 1 aromatic heterocycles. The van der Waals surface area contributed by atoms with Crippen molar-refractivity contribution in [1.29, 1.82) is 0 Å². The third kappa shape index (κ3) is 2.13. The summed E-state index contributed by atoms with van der Waals surface area (Å²) in [4.78, 5) is 0. The van der Waals surface area contributed by atoms with E-state index in [1.807, 2.05) is 6.07 Å². The third-order valence-corrected chi connectivity index (χ3v) is 3.36. The van der Waals surface area contributed by atoms with E-state index in [2.05, 4.69) is 38.8 Å². The molecule has 0 radical (unpaired) electrons. The molecule has 1 aliphatic carbocycles. The van der Waals surface area contributed by atoms with Gasteiger partial charge in [-0.15, -0.1) is 0 Å². The van der Waals surface area contributed by atoms with Crippen LogP contribution in [0.1, 0.15) is 38.6 Å². The lowest BCUT2D eigenvalue weighted by molar-refractivity contribution is 0.273. The van der Waals surface area contributed by atoms with E-state index in [0.29, 0.717) is 6.04 Å². The summed E-state index contributed by atoms with van der Waals surface area (Å²) in [6.07, 6.45) is 7.35. The van der Waals surface area contributed by atoms with Crippen LogP contribution in [-0.2, 0) is 0 Å². The van der Waals surface area contributed by atoms with E-state index >= 15 is 0 Å². The number of aromatic nitrogens is 2. The van der Waals surface area contributed by atoms with Crippen LogP contribution in [0.2, 0.25) is 0 Å². The Kier molecular flexibility index (Phi) is 2.72. The molecule has 1 aromatic rings. The molecule has 0 aliphatic heterocycles. The van der Waals surface area contributed by atoms with Crippen molar-refractivity contribution in [3.05, 3.63) is 16.9 Å². The molecule has 1 fully saturated rings. The summed E-state index contributed by atoms with van der Waals surface area (Å²) in [6.45, 7) is 2.34. The molecule has 3 heteroatoms. The minimum absolute atomic E-state index is 0.641. The molecule has 13 heavy (non-hydrogen) atoms. The molecule has 1 heterocycles. The first-order valence-corrected chi connectivity index (χ1v) is 5.75. The fourth-order valence-electron chi connectivity index (χ4n) is 2.03. The Morgan fingerprint density at radius 3 is 2.62 bits per heavy atom. The maximum Gasteiger partial charge on any atom is 0.128 e. The van der Waals surface area contributed by atoms with Crippen molar-refractivity contribution in [3.63, 3.8) is 0 Å². The average Bonchev–Trinajstić information content (AvgIpc) is 2.53.